The minimum Gasteiger partial charge on any atom is -0.497 e. The van der Waals surface area contributed by atoms with Crippen molar-refractivity contribution < 1.29 is 9.53 Å². The van der Waals surface area contributed by atoms with E-state index in [1.54, 1.807) is 19.4 Å². The monoisotopic (exact) mass is 333 g/mol. The third kappa shape index (κ3) is 3.45. The number of pyridine rings is 1. The molecule has 0 saturated carbocycles. The SMILES string of the molecule is C=CC(=O)Nc1cc(OC)cc(-c2ccc3nccc(NC)c3c2)c1. The molecule has 0 fully saturated rings. The second-order valence-electron chi connectivity index (χ2n) is 5.48. The highest BCUT2D eigenvalue weighted by molar-refractivity contribution is 6.00. The van der Waals surface area contributed by atoms with Gasteiger partial charge in [0.05, 0.1) is 12.6 Å². The van der Waals surface area contributed by atoms with Crippen LogP contribution in [0.5, 0.6) is 5.75 Å². The Morgan fingerprint density at radius 1 is 1.16 bits per heavy atom. The van der Waals surface area contributed by atoms with Gasteiger partial charge in [0.1, 0.15) is 5.75 Å². The van der Waals surface area contributed by atoms with E-state index in [0.717, 1.165) is 27.7 Å². The summed E-state index contributed by atoms with van der Waals surface area (Å²) in [4.78, 5) is 16.0. The summed E-state index contributed by atoms with van der Waals surface area (Å²) >= 11 is 0. The Balaban J connectivity index is 2.11. The van der Waals surface area contributed by atoms with Crippen molar-refractivity contribution in [3.63, 3.8) is 0 Å². The third-order valence-electron chi connectivity index (χ3n) is 3.94. The first-order valence-electron chi connectivity index (χ1n) is 7.84. The van der Waals surface area contributed by atoms with Gasteiger partial charge in [-0.15, -0.1) is 0 Å². The molecule has 0 unspecified atom stereocenters. The van der Waals surface area contributed by atoms with Crippen molar-refractivity contribution in [1.29, 1.82) is 0 Å². The van der Waals surface area contributed by atoms with Crippen LogP contribution in [0.1, 0.15) is 0 Å². The van der Waals surface area contributed by atoms with Gasteiger partial charge in [0.15, 0.2) is 0 Å². The summed E-state index contributed by atoms with van der Waals surface area (Å²) in [7, 11) is 3.48. The topological polar surface area (TPSA) is 63.2 Å². The van der Waals surface area contributed by atoms with E-state index in [1.807, 2.05) is 37.4 Å². The summed E-state index contributed by atoms with van der Waals surface area (Å²) in [6.07, 6.45) is 3.02. The summed E-state index contributed by atoms with van der Waals surface area (Å²) in [5, 5.41) is 6.99. The highest BCUT2D eigenvalue weighted by Gasteiger charge is 2.08. The van der Waals surface area contributed by atoms with Crippen molar-refractivity contribution >= 4 is 28.2 Å². The number of nitrogens with zero attached hydrogens (tertiary/aromatic N) is 1. The second-order valence-corrected chi connectivity index (χ2v) is 5.48. The predicted molar refractivity (Wildman–Crippen MR) is 102 cm³/mol. The van der Waals surface area contributed by atoms with Crippen LogP contribution in [-0.4, -0.2) is 25.0 Å². The largest absolute Gasteiger partial charge is 0.497 e. The van der Waals surface area contributed by atoms with E-state index in [9.17, 15) is 4.79 Å². The lowest BCUT2D eigenvalue weighted by Gasteiger charge is -2.11. The molecule has 5 heteroatoms. The maximum atomic E-state index is 11.6. The van der Waals surface area contributed by atoms with Gasteiger partial charge in [-0.05, 0) is 47.5 Å². The van der Waals surface area contributed by atoms with Gasteiger partial charge in [-0.25, -0.2) is 0 Å². The summed E-state index contributed by atoms with van der Waals surface area (Å²) < 4.78 is 5.36. The summed E-state index contributed by atoms with van der Waals surface area (Å²) in [6, 6.07) is 13.6. The van der Waals surface area contributed by atoms with Crippen LogP contribution in [0.2, 0.25) is 0 Å². The summed E-state index contributed by atoms with van der Waals surface area (Å²) in [6.45, 7) is 3.48. The first-order valence-corrected chi connectivity index (χ1v) is 7.84. The third-order valence-corrected chi connectivity index (χ3v) is 3.94. The number of anilines is 2. The van der Waals surface area contributed by atoms with E-state index in [4.69, 9.17) is 4.74 Å². The molecule has 1 amide bonds. The number of carbonyl (C=O) groups excluding carboxylic acids is 1. The number of methoxy groups -OCH3 is 1. The molecule has 0 bridgehead atoms. The van der Waals surface area contributed by atoms with E-state index in [2.05, 4.69) is 28.3 Å². The number of amides is 1. The average molecular weight is 333 g/mol. The quantitative estimate of drug-likeness (QED) is 0.691. The highest BCUT2D eigenvalue weighted by atomic mass is 16.5. The molecular weight excluding hydrogens is 314 g/mol. The van der Waals surface area contributed by atoms with Crippen molar-refractivity contribution in [2.45, 2.75) is 0 Å². The van der Waals surface area contributed by atoms with Gasteiger partial charge in [-0.2, -0.15) is 0 Å². The highest BCUT2D eigenvalue weighted by Crippen LogP contribution is 2.32. The zero-order chi connectivity index (χ0) is 17.8. The zero-order valence-corrected chi connectivity index (χ0v) is 14.2. The van der Waals surface area contributed by atoms with Gasteiger partial charge in [0.2, 0.25) is 5.91 Å². The maximum absolute atomic E-state index is 11.6. The number of hydrogen-bond acceptors (Lipinski definition) is 4. The number of rotatable bonds is 5. The van der Waals surface area contributed by atoms with Gasteiger partial charge in [-0.3, -0.25) is 9.78 Å². The smallest absolute Gasteiger partial charge is 0.247 e. The lowest BCUT2D eigenvalue weighted by molar-refractivity contribution is -0.111. The minimum atomic E-state index is -0.264. The molecule has 0 spiro atoms. The van der Waals surface area contributed by atoms with Crippen molar-refractivity contribution in [1.82, 2.24) is 4.98 Å². The van der Waals surface area contributed by atoms with Gasteiger partial charge < -0.3 is 15.4 Å². The number of fused-ring (bicyclic) bond motifs is 1. The van der Waals surface area contributed by atoms with Crippen LogP contribution in [-0.2, 0) is 4.79 Å². The van der Waals surface area contributed by atoms with Gasteiger partial charge in [0, 0.05) is 36.1 Å². The van der Waals surface area contributed by atoms with Crippen molar-refractivity contribution in [2.75, 3.05) is 24.8 Å². The fourth-order valence-corrected chi connectivity index (χ4v) is 2.69. The molecule has 1 heterocycles. The van der Waals surface area contributed by atoms with Crippen LogP contribution in [0.25, 0.3) is 22.0 Å². The molecule has 0 aliphatic heterocycles. The normalized spacial score (nSPS) is 10.3. The predicted octanol–water partition coefficient (Wildman–Crippen LogP) is 4.08. The van der Waals surface area contributed by atoms with E-state index >= 15 is 0 Å². The Bertz CT molecular complexity index is 951. The molecular formula is C20H19N3O2. The van der Waals surface area contributed by atoms with Crippen LogP contribution in [0, 0.1) is 0 Å². The van der Waals surface area contributed by atoms with Crippen LogP contribution < -0.4 is 15.4 Å². The minimum absolute atomic E-state index is 0.264. The molecule has 25 heavy (non-hydrogen) atoms. The molecule has 0 aliphatic rings. The first kappa shape index (κ1) is 16.5. The molecule has 3 rings (SSSR count). The van der Waals surface area contributed by atoms with Crippen molar-refractivity contribution in [3.05, 3.63) is 61.3 Å². The van der Waals surface area contributed by atoms with E-state index in [0.29, 0.717) is 11.4 Å². The lowest BCUT2D eigenvalue weighted by atomic mass is 10.0. The van der Waals surface area contributed by atoms with Crippen LogP contribution >= 0.6 is 0 Å². The Hall–Kier alpha value is -3.34. The Labute approximate surface area is 146 Å². The number of ether oxygens (including phenoxy) is 1. The molecule has 0 saturated heterocycles. The summed E-state index contributed by atoms with van der Waals surface area (Å²) in [5.41, 5.74) is 4.52. The van der Waals surface area contributed by atoms with Crippen LogP contribution in [0.3, 0.4) is 0 Å². The Morgan fingerprint density at radius 3 is 2.72 bits per heavy atom. The van der Waals surface area contributed by atoms with E-state index in [-0.39, 0.29) is 5.91 Å². The Morgan fingerprint density at radius 2 is 2.00 bits per heavy atom. The molecule has 2 aromatic carbocycles. The van der Waals surface area contributed by atoms with Gasteiger partial charge >= 0.3 is 0 Å². The van der Waals surface area contributed by atoms with Crippen LogP contribution in [0.4, 0.5) is 11.4 Å². The van der Waals surface area contributed by atoms with Crippen molar-refractivity contribution in [3.8, 4) is 16.9 Å². The standard InChI is InChI=1S/C20H19N3O2/c1-4-20(24)23-15-9-14(10-16(12-15)25-3)13-5-6-19-17(11-13)18(21-2)7-8-22-19/h4-12H,1H2,2-3H3,(H,21,22)(H,23,24). The van der Waals surface area contributed by atoms with E-state index in [1.165, 1.54) is 6.08 Å². The molecule has 0 atom stereocenters. The molecule has 5 nitrogen and oxygen atoms in total. The first-order chi connectivity index (χ1) is 12.1. The van der Waals surface area contributed by atoms with E-state index < -0.39 is 0 Å². The molecule has 3 aromatic rings. The number of carbonyl (C=O) groups is 1. The number of hydrogen-bond donors (Lipinski definition) is 2. The maximum Gasteiger partial charge on any atom is 0.247 e. The zero-order valence-electron chi connectivity index (χ0n) is 14.2. The molecule has 0 aliphatic carbocycles. The Kier molecular flexibility index (Phi) is 4.66. The average Bonchev–Trinajstić information content (AvgIpc) is 2.66. The van der Waals surface area contributed by atoms with Gasteiger partial charge in [-0.1, -0.05) is 12.6 Å². The van der Waals surface area contributed by atoms with Gasteiger partial charge in [0.25, 0.3) is 0 Å². The van der Waals surface area contributed by atoms with Crippen LogP contribution in [0.15, 0.2) is 61.3 Å². The summed E-state index contributed by atoms with van der Waals surface area (Å²) in [5.74, 6) is 0.399. The molecule has 0 radical (unpaired) electrons. The number of benzene rings is 2. The fraction of sp³-hybridized carbons (Fsp3) is 0.100. The van der Waals surface area contributed by atoms with Crippen molar-refractivity contribution in [2.24, 2.45) is 0 Å². The second kappa shape index (κ2) is 7.05. The molecule has 126 valence electrons. The fourth-order valence-electron chi connectivity index (χ4n) is 2.69. The molecule has 2 N–H and O–H groups in total. The lowest BCUT2D eigenvalue weighted by Crippen LogP contribution is -2.07. The number of aromatic nitrogens is 1. The molecule has 1 aromatic heterocycles. The number of nitrogens with one attached hydrogen (secondary N) is 2.